The van der Waals surface area contributed by atoms with E-state index in [1.807, 2.05) is 18.2 Å². The zero-order chi connectivity index (χ0) is 19.4. The Kier molecular flexibility index (Phi) is 3.75. The van der Waals surface area contributed by atoms with E-state index in [0.717, 1.165) is 5.39 Å². The lowest BCUT2D eigenvalue weighted by Gasteiger charge is -2.28. The van der Waals surface area contributed by atoms with Crippen LogP contribution in [0.5, 0.6) is 0 Å². The van der Waals surface area contributed by atoms with Crippen molar-refractivity contribution in [1.82, 2.24) is 9.97 Å². The van der Waals surface area contributed by atoms with E-state index in [1.165, 1.54) is 0 Å². The van der Waals surface area contributed by atoms with Gasteiger partial charge in [0, 0.05) is 10.4 Å². The largest absolute Gasteiger partial charge is 0.422 e. The number of hydrogen-bond acceptors (Lipinski definition) is 5. The Hall–Kier alpha value is -3.16. The van der Waals surface area contributed by atoms with E-state index >= 15 is 0 Å². The van der Waals surface area contributed by atoms with Crippen LogP contribution in [0.1, 0.15) is 22.6 Å². The molecule has 5 rings (SSSR count). The van der Waals surface area contributed by atoms with Crippen molar-refractivity contribution in [1.29, 1.82) is 0 Å². The fourth-order valence-corrected chi connectivity index (χ4v) is 4.16. The molecule has 0 saturated heterocycles. The van der Waals surface area contributed by atoms with E-state index in [-0.39, 0.29) is 4.77 Å². The van der Waals surface area contributed by atoms with Crippen LogP contribution in [0.15, 0.2) is 62.5 Å². The van der Waals surface area contributed by atoms with Gasteiger partial charge < -0.3 is 14.7 Å². The van der Waals surface area contributed by atoms with Crippen molar-refractivity contribution in [3.05, 3.63) is 95.8 Å². The summed E-state index contributed by atoms with van der Waals surface area (Å²) >= 11 is 11.6. The molecule has 8 heteroatoms. The molecule has 6 nitrogen and oxygen atoms in total. The minimum absolute atomic E-state index is 0.185. The number of para-hydroxylation sites is 1. The topological polar surface area (TPSA) is 90.9 Å². The van der Waals surface area contributed by atoms with Gasteiger partial charge in [-0.1, -0.05) is 41.9 Å². The Labute approximate surface area is 167 Å². The summed E-state index contributed by atoms with van der Waals surface area (Å²) in [6, 6.07) is 14.3. The van der Waals surface area contributed by atoms with Crippen LogP contribution in [0.4, 0.5) is 11.5 Å². The number of aromatic nitrogens is 2. The Bertz CT molecular complexity index is 1440. The molecule has 0 bridgehead atoms. The van der Waals surface area contributed by atoms with Crippen LogP contribution in [-0.2, 0) is 0 Å². The number of hydrogen-bond donors (Lipinski definition) is 3. The SMILES string of the molecule is O=c1[nH]c(=S)[nH]c2c1C(c1ccccc1Cl)c1c(c3ccccc3oc1=O)N2. The zero-order valence-electron chi connectivity index (χ0n) is 14.2. The summed E-state index contributed by atoms with van der Waals surface area (Å²) in [6.45, 7) is 0. The normalized spacial score (nSPS) is 15.0. The first-order valence-corrected chi connectivity index (χ1v) is 9.27. The third-order valence-electron chi connectivity index (χ3n) is 4.87. The van der Waals surface area contributed by atoms with Gasteiger partial charge in [-0.15, -0.1) is 0 Å². The highest BCUT2D eigenvalue weighted by atomic mass is 35.5. The predicted molar refractivity (Wildman–Crippen MR) is 110 cm³/mol. The van der Waals surface area contributed by atoms with Crippen LogP contribution < -0.4 is 16.5 Å². The molecule has 138 valence electrons. The van der Waals surface area contributed by atoms with Gasteiger partial charge in [0.05, 0.1) is 22.7 Å². The first-order chi connectivity index (χ1) is 13.5. The van der Waals surface area contributed by atoms with Gasteiger partial charge in [-0.25, -0.2) is 4.79 Å². The van der Waals surface area contributed by atoms with Crippen molar-refractivity contribution in [3.63, 3.8) is 0 Å². The van der Waals surface area contributed by atoms with E-state index in [2.05, 4.69) is 15.3 Å². The van der Waals surface area contributed by atoms with Crippen molar-refractivity contribution in [2.45, 2.75) is 5.92 Å². The summed E-state index contributed by atoms with van der Waals surface area (Å²) in [5.74, 6) is -0.279. The summed E-state index contributed by atoms with van der Waals surface area (Å²) in [7, 11) is 0. The number of benzene rings is 2. The first kappa shape index (κ1) is 17.0. The van der Waals surface area contributed by atoms with Gasteiger partial charge in [0.2, 0.25) is 0 Å². The molecule has 1 unspecified atom stereocenters. The van der Waals surface area contributed by atoms with E-state index in [1.54, 1.807) is 30.3 Å². The molecule has 3 heterocycles. The van der Waals surface area contributed by atoms with E-state index < -0.39 is 17.1 Å². The van der Waals surface area contributed by atoms with Crippen molar-refractivity contribution in [2.75, 3.05) is 5.32 Å². The Balaban J connectivity index is 1.96. The monoisotopic (exact) mass is 409 g/mol. The molecule has 3 N–H and O–H groups in total. The molecule has 28 heavy (non-hydrogen) atoms. The molecule has 0 radical (unpaired) electrons. The molecule has 2 aromatic carbocycles. The van der Waals surface area contributed by atoms with Crippen molar-refractivity contribution < 1.29 is 4.42 Å². The van der Waals surface area contributed by atoms with E-state index in [4.69, 9.17) is 28.2 Å². The molecular formula is C20H12ClN3O3S. The lowest BCUT2D eigenvalue weighted by molar-refractivity contribution is 0.548. The molecule has 0 aliphatic carbocycles. The number of fused-ring (bicyclic) bond motifs is 4. The number of halogens is 1. The van der Waals surface area contributed by atoms with Gasteiger partial charge in [-0.3, -0.25) is 9.78 Å². The third-order valence-corrected chi connectivity index (χ3v) is 5.42. The molecule has 0 saturated carbocycles. The van der Waals surface area contributed by atoms with Crippen molar-refractivity contribution in [3.8, 4) is 0 Å². The molecule has 2 aromatic heterocycles. The summed E-state index contributed by atoms with van der Waals surface area (Å²) in [5.41, 5.74) is 1.39. The van der Waals surface area contributed by atoms with Gasteiger partial charge in [0.15, 0.2) is 4.77 Å². The average molecular weight is 410 g/mol. The fraction of sp³-hybridized carbons (Fsp3) is 0.0500. The van der Waals surface area contributed by atoms with Crippen molar-refractivity contribution in [2.24, 2.45) is 0 Å². The molecule has 1 atom stereocenters. The van der Waals surface area contributed by atoms with E-state index in [9.17, 15) is 9.59 Å². The summed E-state index contributed by atoms with van der Waals surface area (Å²) < 4.78 is 5.73. The minimum Gasteiger partial charge on any atom is -0.422 e. The van der Waals surface area contributed by atoms with Crippen LogP contribution in [0, 0.1) is 4.77 Å². The van der Waals surface area contributed by atoms with Gasteiger partial charge in [0.25, 0.3) is 5.56 Å². The minimum atomic E-state index is -0.712. The third kappa shape index (κ3) is 2.44. The first-order valence-electron chi connectivity index (χ1n) is 8.48. The fourth-order valence-electron chi connectivity index (χ4n) is 3.72. The number of anilines is 2. The summed E-state index contributed by atoms with van der Waals surface area (Å²) in [6.07, 6.45) is 0. The molecule has 4 aromatic rings. The highest BCUT2D eigenvalue weighted by molar-refractivity contribution is 7.71. The van der Waals surface area contributed by atoms with Crippen LogP contribution >= 0.6 is 23.8 Å². The van der Waals surface area contributed by atoms with Gasteiger partial charge >= 0.3 is 5.63 Å². The van der Waals surface area contributed by atoms with E-state index in [0.29, 0.717) is 38.8 Å². The van der Waals surface area contributed by atoms with Gasteiger partial charge in [-0.05, 0) is 36.0 Å². The highest BCUT2D eigenvalue weighted by Crippen LogP contribution is 2.45. The number of H-pyrrole nitrogens is 2. The molecule has 1 aliphatic heterocycles. The average Bonchev–Trinajstić information content (AvgIpc) is 2.67. The maximum absolute atomic E-state index is 13.0. The zero-order valence-corrected chi connectivity index (χ0v) is 15.8. The second-order valence-electron chi connectivity index (χ2n) is 6.45. The number of nitrogens with one attached hydrogen (secondary N) is 3. The van der Waals surface area contributed by atoms with Gasteiger partial charge in [0.1, 0.15) is 11.4 Å². The second kappa shape index (κ2) is 6.19. The maximum Gasteiger partial charge on any atom is 0.342 e. The summed E-state index contributed by atoms with van der Waals surface area (Å²) in [5, 5.41) is 4.35. The van der Waals surface area contributed by atoms with Gasteiger partial charge in [-0.2, -0.15) is 0 Å². The Morgan fingerprint density at radius 3 is 2.54 bits per heavy atom. The number of aromatic amines is 2. The quantitative estimate of drug-likeness (QED) is 0.281. The van der Waals surface area contributed by atoms with Crippen LogP contribution in [-0.4, -0.2) is 9.97 Å². The Morgan fingerprint density at radius 2 is 1.71 bits per heavy atom. The Morgan fingerprint density at radius 1 is 0.964 bits per heavy atom. The lowest BCUT2D eigenvalue weighted by atomic mass is 9.83. The molecule has 1 aliphatic rings. The molecular weight excluding hydrogens is 398 g/mol. The second-order valence-corrected chi connectivity index (χ2v) is 7.27. The predicted octanol–water partition coefficient (Wildman–Crippen LogP) is 4.43. The number of rotatable bonds is 1. The highest BCUT2D eigenvalue weighted by Gasteiger charge is 2.35. The summed E-state index contributed by atoms with van der Waals surface area (Å²) in [4.78, 5) is 31.4. The van der Waals surface area contributed by atoms with Crippen LogP contribution in [0.25, 0.3) is 11.0 Å². The van der Waals surface area contributed by atoms with Crippen LogP contribution in [0.2, 0.25) is 5.02 Å². The maximum atomic E-state index is 13.0. The standard InChI is InChI=1S/C20H12ClN3O3S/c21-11-7-3-1-5-9(11)13-14-16(10-6-2-4-8-12(10)27-19(14)26)22-17-15(13)18(25)24-20(28)23-17/h1-8,13H,(H3,22,23,24,25,28). The van der Waals surface area contributed by atoms with Crippen molar-refractivity contribution >= 4 is 46.3 Å². The molecule has 0 amide bonds. The van der Waals surface area contributed by atoms with Crippen LogP contribution in [0.3, 0.4) is 0 Å². The molecule has 0 fully saturated rings. The molecule has 0 spiro atoms. The lowest BCUT2D eigenvalue weighted by Crippen LogP contribution is -2.29. The smallest absolute Gasteiger partial charge is 0.342 e.